The third kappa shape index (κ3) is 1.35. The van der Waals surface area contributed by atoms with Crippen LogP contribution in [0.4, 0.5) is 0 Å². The number of methoxy groups -OCH3 is 1. The molecule has 0 radical (unpaired) electrons. The first kappa shape index (κ1) is 9.07. The monoisotopic (exact) mass is 256 g/mol. The van der Waals surface area contributed by atoms with E-state index >= 15 is 0 Å². The maximum Gasteiger partial charge on any atom is 0.339 e. The Bertz CT molecular complexity index is 495. The molecule has 0 fully saturated rings. The van der Waals surface area contributed by atoms with Gasteiger partial charge in [0.2, 0.25) is 0 Å². The van der Waals surface area contributed by atoms with Crippen LogP contribution in [0.15, 0.2) is 16.7 Å². The molecule has 0 bridgehead atoms. The van der Waals surface area contributed by atoms with Crippen LogP contribution in [-0.2, 0) is 4.74 Å². The second kappa shape index (κ2) is 3.33. The molecule has 0 unspecified atom stereocenters. The van der Waals surface area contributed by atoms with Crippen molar-refractivity contribution in [1.29, 1.82) is 0 Å². The third-order valence-corrected chi connectivity index (χ3v) is 2.25. The Hall–Kier alpha value is -1.50. The first-order valence-corrected chi connectivity index (χ1v) is 4.47. The summed E-state index contributed by atoms with van der Waals surface area (Å²) in [6, 6.07) is 1.61. The standard InChI is InChI=1S/C7H5BrN4O2/c1-14-7(13)4-2-5(8)6-9-10-11-12(6)3-4/h2-3H,1H3. The molecule has 0 aliphatic heterocycles. The summed E-state index contributed by atoms with van der Waals surface area (Å²) in [4.78, 5) is 11.2. The van der Waals surface area contributed by atoms with Crippen LogP contribution in [0, 0.1) is 0 Å². The van der Waals surface area contributed by atoms with Gasteiger partial charge in [0.1, 0.15) is 0 Å². The highest BCUT2D eigenvalue weighted by atomic mass is 79.9. The van der Waals surface area contributed by atoms with Gasteiger partial charge in [-0.15, -0.1) is 5.10 Å². The molecule has 6 nitrogen and oxygen atoms in total. The fourth-order valence-corrected chi connectivity index (χ4v) is 1.54. The number of aromatic nitrogens is 4. The van der Waals surface area contributed by atoms with E-state index < -0.39 is 5.97 Å². The molecule has 0 aliphatic rings. The molecule has 2 heterocycles. The van der Waals surface area contributed by atoms with Crippen molar-refractivity contribution in [3.63, 3.8) is 0 Å². The van der Waals surface area contributed by atoms with Gasteiger partial charge in [-0.3, -0.25) is 0 Å². The van der Waals surface area contributed by atoms with Gasteiger partial charge in [-0.2, -0.15) is 4.52 Å². The second-order valence-corrected chi connectivity index (χ2v) is 3.37. The molecule has 2 aromatic heterocycles. The quantitative estimate of drug-likeness (QED) is 0.702. The molecule has 0 N–H and O–H groups in total. The van der Waals surface area contributed by atoms with E-state index in [2.05, 4.69) is 36.2 Å². The Balaban J connectivity index is 2.64. The average Bonchev–Trinajstić information content (AvgIpc) is 2.64. The highest BCUT2D eigenvalue weighted by Gasteiger charge is 2.10. The Morgan fingerprint density at radius 3 is 3.14 bits per heavy atom. The summed E-state index contributed by atoms with van der Waals surface area (Å²) in [5.41, 5.74) is 0.942. The zero-order valence-electron chi connectivity index (χ0n) is 7.14. The molecule has 0 aliphatic carbocycles. The summed E-state index contributed by atoms with van der Waals surface area (Å²) in [7, 11) is 1.32. The summed E-state index contributed by atoms with van der Waals surface area (Å²) in [6.45, 7) is 0. The SMILES string of the molecule is COC(=O)c1cc(Br)c2nnnn2c1. The molecular weight excluding hydrogens is 252 g/mol. The zero-order chi connectivity index (χ0) is 10.1. The number of fused-ring (bicyclic) bond motifs is 1. The van der Waals surface area contributed by atoms with Crippen LogP contribution >= 0.6 is 15.9 Å². The van der Waals surface area contributed by atoms with Crippen molar-refractivity contribution in [3.8, 4) is 0 Å². The van der Waals surface area contributed by atoms with Gasteiger partial charge in [0.15, 0.2) is 5.65 Å². The lowest BCUT2D eigenvalue weighted by Gasteiger charge is -2.00. The molecule has 0 spiro atoms. The molecule has 2 aromatic rings. The summed E-state index contributed by atoms with van der Waals surface area (Å²) in [6.07, 6.45) is 1.51. The Morgan fingerprint density at radius 1 is 1.64 bits per heavy atom. The molecule has 0 atom stereocenters. The summed E-state index contributed by atoms with van der Waals surface area (Å²) in [5, 5.41) is 10.9. The number of esters is 1. The van der Waals surface area contributed by atoms with Gasteiger partial charge in [0, 0.05) is 6.20 Å². The molecule has 7 heteroatoms. The van der Waals surface area contributed by atoms with Crippen molar-refractivity contribution in [2.75, 3.05) is 7.11 Å². The van der Waals surface area contributed by atoms with E-state index in [-0.39, 0.29) is 0 Å². The fraction of sp³-hybridized carbons (Fsp3) is 0.143. The van der Waals surface area contributed by atoms with Gasteiger partial charge >= 0.3 is 5.97 Å². The zero-order valence-corrected chi connectivity index (χ0v) is 8.72. The number of halogens is 1. The molecule has 72 valence electrons. The Kier molecular flexibility index (Phi) is 2.16. The van der Waals surface area contributed by atoms with Crippen molar-refractivity contribution >= 4 is 27.5 Å². The van der Waals surface area contributed by atoms with Crippen LogP contribution in [0.3, 0.4) is 0 Å². The van der Waals surface area contributed by atoms with Gasteiger partial charge in [-0.1, -0.05) is 0 Å². The molecule has 0 saturated carbocycles. The molecule has 0 amide bonds. The van der Waals surface area contributed by atoms with Crippen molar-refractivity contribution in [2.24, 2.45) is 0 Å². The number of hydrogen-bond donors (Lipinski definition) is 0. The largest absolute Gasteiger partial charge is 0.465 e. The number of rotatable bonds is 1. The van der Waals surface area contributed by atoms with Crippen LogP contribution in [0.5, 0.6) is 0 Å². The topological polar surface area (TPSA) is 69.4 Å². The van der Waals surface area contributed by atoms with Crippen molar-refractivity contribution in [3.05, 3.63) is 22.3 Å². The lowest BCUT2D eigenvalue weighted by atomic mass is 10.3. The predicted molar refractivity (Wildman–Crippen MR) is 49.8 cm³/mol. The van der Waals surface area contributed by atoms with Crippen LogP contribution in [0.1, 0.15) is 10.4 Å². The minimum Gasteiger partial charge on any atom is -0.465 e. The Morgan fingerprint density at radius 2 is 2.43 bits per heavy atom. The molecule has 0 aromatic carbocycles. The highest BCUT2D eigenvalue weighted by molar-refractivity contribution is 9.10. The van der Waals surface area contributed by atoms with Crippen LogP contribution < -0.4 is 0 Å². The number of ether oxygens (including phenoxy) is 1. The summed E-state index contributed by atoms with van der Waals surface area (Å²) in [5.74, 6) is -0.428. The number of hydrogen-bond acceptors (Lipinski definition) is 5. The number of carbonyl (C=O) groups excluding carboxylic acids is 1. The molecule has 2 rings (SSSR count). The van der Waals surface area contributed by atoms with E-state index in [4.69, 9.17) is 0 Å². The van der Waals surface area contributed by atoms with Crippen LogP contribution in [0.25, 0.3) is 5.65 Å². The lowest BCUT2D eigenvalue weighted by Crippen LogP contribution is -2.03. The van der Waals surface area contributed by atoms with Gasteiger partial charge < -0.3 is 4.74 Å². The number of pyridine rings is 1. The number of nitrogens with zero attached hydrogens (tertiary/aromatic N) is 4. The van der Waals surface area contributed by atoms with Crippen molar-refractivity contribution in [2.45, 2.75) is 0 Å². The first-order valence-electron chi connectivity index (χ1n) is 3.68. The smallest absolute Gasteiger partial charge is 0.339 e. The van der Waals surface area contributed by atoms with Crippen LogP contribution in [-0.4, -0.2) is 33.1 Å². The second-order valence-electron chi connectivity index (χ2n) is 2.52. The molecular formula is C7H5BrN4O2. The van der Waals surface area contributed by atoms with Crippen molar-refractivity contribution < 1.29 is 9.53 Å². The van der Waals surface area contributed by atoms with E-state index in [9.17, 15) is 4.79 Å². The predicted octanol–water partition coefficient (Wildman–Crippen LogP) is 0.673. The summed E-state index contributed by atoms with van der Waals surface area (Å²) < 4.78 is 6.62. The van der Waals surface area contributed by atoms with Crippen molar-refractivity contribution in [1.82, 2.24) is 20.0 Å². The van der Waals surface area contributed by atoms with E-state index in [1.165, 1.54) is 17.8 Å². The highest BCUT2D eigenvalue weighted by Crippen LogP contribution is 2.17. The maximum absolute atomic E-state index is 11.2. The maximum atomic E-state index is 11.2. The number of carbonyl (C=O) groups is 1. The Labute approximate surface area is 87.0 Å². The minimum absolute atomic E-state index is 0.388. The fourth-order valence-electron chi connectivity index (χ4n) is 1.04. The molecule has 0 saturated heterocycles. The van der Waals surface area contributed by atoms with Crippen LogP contribution in [0.2, 0.25) is 0 Å². The third-order valence-electron chi connectivity index (χ3n) is 1.67. The number of tetrazole rings is 1. The lowest BCUT2D eigenvalue weighted by molar-refractivity contribution is 0.0600. The summed E-state index contributed by atoms with van der Waals surface area (Å²) >= 11 is 3.25. The first-order chi connectivity index (χ1) is 6.72. The van der Waals surface area contributed by atoms with Gasteiger partial charge in [-0.05, 0) is 32.4 Å². The van der Waals surface area contributed by atoms with Gasteiger partial charge in [0.05, 0.1) is 17.1 Å². The van der Waals surface area contributed by atoms with E-state index in [0.717, 1.165) is 0 Å². The van der Waals surface area contributed by atoms with E-state index in [1.807, 2.05) is 0 Å². The molecule has 14 heavy (non-hydrogen) atoms. The minimum atomic E-state index is -0.428. The van der Waals surface area contributed by atoms with Gasteiger partial charge in [0.25, 0.3) is 0 Å². The van der Waals surface area contributed by atoms with Gasteiger partial charge in [-0.25, -0.2) is 4.79 Å². The van der Waals surface area contributed by atoms with E-state index in [0.29, 0.717) is 15.7 Å². The average molecular weight is 257 g/mol. The normalized spacial score (nSPS) is 10.4. The van der Waals surface area contributed by atoms with E-state index in [1.54, 1.807) is 6.07 Å².